The summed E-state index contributed by atoms with van der Waals surface area (Å²) < 4.78 is 26.2. The van der Waals surface area contributed by atoms with Crippen molar-refractivity contribution in [1.82, 2.24) is 14.5 Å². The summed E-state index contributed by atoms with van der Waals surface area (Å²) in [6, 6.07) is 4.95. The van der Waals surface area contributed by atoms with Crippen LogP contribution in [0.15, 0.2) is 23.1 Å². The van der Waals surface area contributed by atoms with E-state index in [0.717, 1.165) is 44.7 Å². The molecule has 7 nitrogen and oxygen atoms in total. The highest BCUT2D eigenvalue weighted by Gasteiger charge is 2.27. The summed E-state index contributed by atoms with van der Waals surface area (Å²) in [5.41, 5.74) is 1.34. The van der Waals surface area contributed by atoms with Gasteiger partial charge in [0.1, 0.15) is 0 Å². The Balaban J connectivity index is 0.00000243. The van der Waals surface area contributed by atoms with Crippen molar-refractivity contribution in [3.63, 3.8) is 0 Å². The summed E-state index contributed by atoms with van der Waals surface area (Å²) in [6.45, 7) is 4.62. The third-order valence-corrected chi connectivity index (χ3v) is 6.64. The SMILES string of the molecule is CN(C)S(=O)(=O)c1ccc(N2CCCC2)c(C(=O)N2CCNCC2)c1.Cl. The number of nitrogens with zero attached hydrogens (tertiary/aromatic N) is 3. The number of halogens is 1. The van der Waals surface area contributed by atoms with Crippen LogP contribution in [0.25, 0.3) is 0 Å². The van der Waals surface area contributed by atoms with Gasteiger partial charge in [-0.2, -0.15) is 0 Å². The lowest BCUT2D eigenvalue weighted by molar-refractivity contribution is 0.0736. The molecule has 0 bridgehead atoms. The molecule has 1 N–H and O–H groups in total. The predicted octanol–water partition coefficient (Wildman–Crippen LogP) is 1.00. The van der Waals surface area contributed by atoms with Gasteiger partial charge in [0, 0.05) is 59.1 Å². The van der Waals surface area contributed by atoms with Crippen LogP contribution in [0.3, 0.4) is 0 Å². The summed E-state index contributed by atoms with van der Waals surface area (Å²) in [5, 5.41) is 3.23. The lowest BCUT2D eigenvalue weighted by Crippen LogP contribution is -2.46. The van der Waals surface area contributed by atoms with Gasteiger partial charge >= 0.3 is 0 Å². The average molecular weight is 403 g/mol. The van der Waals surface area contributed by atoms with Gasteiger partial charge in [-0.3, -0.25) is 4.79 Å². The molecule has 1 aromatic rings. The van der Waals surface area contributed by atoms with Crippen LogP contribution in [0.4, 0.5) is 5.69 Å². The van der Waals surface area contributed by atoms with Gasteiger partial charge in [0.15, 0.2) is 0 Å². The zero-order valence-corrected chi connectivity index (χ0v) is 16.9. The number of benzene rings is 1. The molecule has 0 unspecified atom stereocenters. The number of piperazine rings is 1. The Morgan fingerprint density at radius 2 is 1.69 bits per heavy atom. The largest absolute Gasteiger partial charge is 0.371 e. The van der Waals surface area contributed by atoms with Crippen molar-refractivity contribution in [1.29, 1.82) is 0 Å². The molecule has 0 aromatic heterocycles. The lowest BCUT2D eigenvalue weighted by atomic mass is 10.1. The highest BCUT2D eigenvalue weighted by Crippen LogP contribution is 2.29. The maximum absolute atomic E-state index is 13.1. The van der Waals surface area contributed by atoms with Gasteiger partial charge in [0.05, 0.1) is 10.5 Å². The molecule has 1 aromatic carbocycles. The number of rotatable bonds is 4. The van der Waals surface area contributed by atoms with Crippen LogP contribution in [0.2, 0.25) is 0 Å². The summed E-state index contributed by atoms with van der Waals surface area (Å²) in [6.07, 6.45) is 2.19. The van der Waals surface area contributed by atoms with E-state index in [1.54, 1.807) is 23.1 Å². The van der Waals surface area contributed by atoms with Gasteiger partial charge in [-0.25, -0.2) is 12.7 Å². The van der Waals surface area contributed by atoms with E-state index in [4.69, 9.17) is 0 Å². The highest BCUT2D eigenvalue weighted by molar-refractivity contribution is 7.89. The molecule has 2 heterocycles. The molecule has 0 atom stereocenters. The van der Waals surface area contributed by atoms with E-state index in [2.05, 4.69) is 10.2 Å². The van der Waals surface area contributed by atoms with Crippen molar-refractivity contribution in [3.8, 4) is 0 Å². The zero-order chi connectivity index (χ0) is 18.0. The minimum absolute atomic E-state index is 0. The zero-order valence-electron chi connectivity index (χ0n) is 15.3. The molecular formula is C17H27ClN4O3S. The number of nitrogens with one attached hydrogen (secondary N) is 1. The number of carbonyl (C=O) groups is 1. The summed E-state index contributed by atoms with van der Waals surface area (Å²) in [5.74, 6) is -0.0841. The molecule has 9 heteroatoms. The van der Waals surface area contributed by atoms with E-state index >= 15 is 0 Å². The molecular weight excluding hydrogens is 376 g/mol. The quantitative estimate of drug-likeness (QED) is 0.813. The Morgan fingerprint density at radius 3 is 2.27 bits per heavy atom. The Hall–Kier alpha value is -1.35. The number of hydrogen-bond donors (Lipinski definition) is 1. The fraction of sp³-hybridized carbons (Fsp3) is 0.588. The van der Waals surface area contributed by atoms with E-state index in [1.807, 2.05) is 0 Å². The predicted molar refractivity (Wildman–Crippen MR) is 105 cm³/mol. The molecule has 2 aliphatic rings. The van der Waals surface area contributed by atoms with Crippen LogP contribution in [-0.4, -0.2) is 76.9 Å². The minimum atomic E-state index is -3.57. The Morgan fingerprint density at radius 1 is 1.08 bits per heavy atom. The lowest BCUT2D eigenvalue weighted by Gasteiger charge is -2.30. The third-order valence-electron chi connectivity index (χ3n) is 4.83. The number of amides is 1. The molecule has 2 aliphatic heterocycles. The maximum Gasteiger partial charge on any atom is 0.256 e. The second kappa shape index (κ2) is 8.56. The summed E-state index contributed by atoms with van der Waals surface area (Å²) in [7, 11) is -0.569. The first-order chi connectivity index (χ1) is 11.9. The molecule has 0 saturated carbocycles. The van der Waals surface area contributed by atoms with Crippen molar-refractivity contribution in [2.24, 2.45) is 0 Å². The van der Waals surface area contributed by atoms with Crippen molar-refractivity contribution in [2.75, 3.05) is 58.3 Å². The van der Waals surface area contributed by atoms with Crippen molar-refractivity contribution < 1.29 is 13.2 Å². The monoisotopic (exact) mass is 402 g/mol. The number of hydrogen-bond acceptors (Lipinski definition) is 5. The fourth-order valence-electron chi connectivity index (χ4n) is 3.33. The van der Waals surface area contributed by atoms with Crippen LogP contribution in [0, 0.1) is 0 Å². The van der Waals surface area contributed by atoms with Gasteiger partial charge in [0.25, 0.3) is 5.91 Å². The second-order valence-electron chi connectivity index (χ2n) is 6.70. The Bertz CT molecular complexity index is 742. The molecule has 1 amide bonds. The first kappa shape index (κ1) is 21.0. The first-order valence-corrected chi connectivity index (χ1v) is 10.2. The molecule has 0 spiro atoms. The molecule has 3 rings (SSSR count). The van der Waals surface area contributed by atoms with E-state index in [1.165, 1.54) is 18.4 Å². The Kier molecular flexibility index (Phi) is 6.90. The molecule has 2 saturated heterocycles. The topological polar surface area (TPSA) is 73.0 Å². The van der Waals surface area contributed by atoms with E-state index in [0.29, 0.717) is 18.7 Å². The van der Waals surface area contributed by atoms with Crippen molar-refractivity contribution >= 4 is 34.0 Å². The molecule has 0 radical (unpaired) electrons. The second-order valence-corrected chi connectivity index (χ2v) is 8.85. The Labute approximate surface area is 161 Å². The molecule has 26 heavy (non-hydrogen) atoms. The van der Waals surface area contributed by atoms with E-state index < -0.39 is 10.0 Å². The fourth-order valence-corrected chi connectivity index (χ4v) is 4.26. The van der Waals surface area contributed by atoms with Gasteiger partial charge in [0.2, 0.25) is 10.0 Å². The first-order valence-electron chi connectivity index (χ1n) is 8.73. The van der Waals surface area contributed by atoms with Crippen molar-refractivity contribution in [2.45, 2.75) is 17.7 Å². The van der Waals surface area contributed by atoms with Crippen LogP contribution in [0.5, 0.6) is 0 Å². The molecule has 146 valence electrons. The normalized spacial score (nSPS) is 18.1. The van der Waals surface area contributed by atoms with Crippen LogP contribution in [-0.2, 0) is 10.0 Å². The number of sulfonamides is 1. The van der Waals surface area contributed by atoms with Gasteiger partial charge in [-0.05, 0) is 31.0 Å². The average Bonchev–Trinajstić information content (AvgIpc) is 3.15. The molecule has 0 aliphatic carbocycles. The standard InChI is InChI=1S/C17H26N4O3S.ClH/c1-19(2)25(23,24)14-5-6-16(20-9-3-4-10-20)15(13-14)17(22)21-11-7-18-8-12-21;/h5-6,13,18H,3-4,7-12H2,1-2H3;1H. The minimum Gasteiger partial charge on any atom is -0.371 e. The molecule has 2 fully saturated rings. The van der Waals surface area contributed by atoms with Gasteiger partial charge in [-0.1, -0.05) is 0 Å². The summed E-state index contributed by atoms with van der Waals surface area (Å²) in [4.78, 5) is 17.2. The van der Waals surface area contributed by atoms with Crippen LogP contribution in [0.1, 0.15) is 23.2 Å². The number of carbonyl (C=O) groups excluding carboxylic acids is 1. The maximum atomic E-state index is 13.1. The van der Waals surface area contributed by atoms with E-state index in [-0.39, 0.29) is 23.2 Å². The highest BCUT2D eigenvalue weighted by atomic mass is 35.5. The van der Waals surface area contributed by atoms with E-state index in [9.17, 15) is 13.2 Å². The van der Waals surface area contributed by atoms with Crippen molar-refractivity contribution in [3.05, 3.63) is 23.8 Å². The smallest absolute Gasteiger partial charge is 0.256 e. The van der Waals surface area contributed by atoms with Gasteiger partial charge in [-0.15, -0.1) is 12.4 Å². The third kappa shape index (κ3) is 4.14. The van der Waals surface area contributed by atoms with Crippen LogP contribution >= 0.6 is 12.4 Å². The van der Waals surface area contributed by atoms with Gasteiger partial charge < -0.3 is 15.1 Å². The number of anilines is 1. The van der Waals surface area contributed by atoms with Crippen LogP contribution < -0.4 is 10.2 Å². The summed E-state index contributed by atoms with van der Waals surface area (Å²) >= 11 is 0.